The van der Waals surface area contributed by atoms with E-state index in [4.69, 9.17) is 0 Å². The van der Waals surface area contributed by atoms with Gasteiger partial charge in [0.2, 0.25) is 0 Å². The Morgan fingerprint density at radius 1 is 1.15 bits per heavy atom. The molecule has 0 saturated heterocycles. The number of allylic oxidation sites excluding steroid dienone is 2. The Morgan fingerprint density at radius 2 is 1.46 bits per heavy atom. The quantitative estimate of drug-likeness (QED) is 0.430. The molecule has 0 spiro atoms. The molecule has 0 unspecified atom stereocenters. The summed E-state index contributed by atoms with van der Waals surface area (Å²) in [5.74, 6) is 0.727. The third-order valence-electron chi connectivity index (χ3n) is 1.87. The fraction of sp³-hybridized carbons (Fsp3) is 0.692. The van der Waals surface area contributed by atoms with E-state index in [1.54, 1.807) is 0 Å². The number of hydrogen-bond acceptors (Lipinski definition) is 0. The van der Waals surface area contributed by atoms with E-state index in [1.807, 2.05) is 0 Å². The van der Waals surface area contributed by atoms with Crippen molar-refractivity contribution in [2.24, 2.45) is 5.92 Å². The minimum atomic E-state index is 0.727. The molecule has 0 fully saturated rings. The van der Waals surface area contributed by atoms with E-state index < -0.39 is 0 Å². The molecule has 13 heavy (non-hydrogen) atoms. The molecule has 0 aliphatic rings. The molecule has 0 radical (unpaired) electrons. The van der Waals surface area contributed by atoms with E-state index in [0.717, 1.165) is 5.92 Å². The van der Waals surface area contributed by atoms with Gasteiger partial charge >= 0.3 is 0 Å². The van der Waals surface area contributed by atoms with Gasteiger partial charge in [0, 0.05) is 0 Å². The number of terminal acetylenes is 1. The van der Waals surface area contributed by atoms with E-state index in [0.29, 0.717) is 0 Å². The smallest absolute Gasteiger partial charge is 0.0263 e. The van der Waals surface area contributed by atoms with Crippen molar-refractivity contribution in [2.45, 2.75) is 54.4 Å². The SMILES string of the molecule is C#C.C/C=C(\C)C(C)C.CCCC. The van der Waals surface area contributed by atoms with Crippen molar-refractivity contribution in [1.29, 1.82) is 0 Å². The Labute approximate surface area is 85.4 Å². The number of hydrogen-bond donors (Lipinski definition) is 0. The van der Waals surface area contributed by atoms with Crippen LogP contribution in [0.1, 0.15) is 54.4 Å². The summed E-state index contributed by atoms with van der Waals surface area (Å²) in [6, 6.07) is 0. The van der Waals surface area contributed by atoms with Crippen LogP contribution in [-0.2, 0) is 0 Å². The standard InChI is InChI=1S/C7H14.C4H10.C2H2/c1-5-7(4)6(2)3;1-3-4-2;1-2/h5-6H,1-4H3;3-4H2,1-2H3;1-2H/b7-5+;;. The predicted molar refractivity (Wildman–Crippen MR) is 64.7 cm³/mol. The van der Waals surface area contributed by atoms with Crippen LogP contribution >= 0.6 is 0 Å². The monoisotopic (exact) mass is 182 g/mol. The minimum Gasteiger partial charge on any atom is -0.124 e. The van der Waals surface area contributed by atoms with Crippen LogP contribution in [0.5, 0.6) is 0 Å². The van der Waals surface area contributed by atoms with Gasteiger partial charge in [-0.05, 0) is 19.8 Å². The Balaban J connectivity index is -0.000000142. The zero-order valence-corrected chi connectivity index (χ0v) is 10.2. The molecule has 0 aromatic carbocycles. The Kier molecular flexibility index (Phi) is 24.3. The second kappa shape index (κ2) is 17.4. The maximum atomic E-state index is 4.00. The summed E-state index contributed by atoms with van der Waals surface area (Å²) < 4.78 is 0. The summed E-state index contributed by atoms with van der Waals surface area (Å²) in [4.78, 5) is 0. The van der Waals surface area contributed by atoms with Crippen LogP contribution in [0.2, 0.25) is 0 Å². The summed E-state index contributed by atoms with van der Waals surface area (Å²) in [5.41, 5.74) is 1.47. The van der Waals surface area contributed by atoms with Gasteiger partial charge in [0.15, 0.2) is 0 Å². The second-order valence-corrected chi connectivity index (χ2v) is 3.19. The molecule has 0 bridgehead atoms. The van der Waals surface area contributed by atoms with Gasteiger partial charge in [0.1, 0.15) is 0 Å². The average Bonchev–Trinajstić information content (AvgIpc) is 2.19. The van der Waals surface area contributed by atoms with Gasteiger partial charge in [-0.2, -0.15) is 0 Å². The lowest BCUT2D eigenvalue weighted by Gasteiger charge is -2.00. The lowest BCUT2D eigenvalue weighted by Crippen LogP contribution is -1.85. The lowest BCUT2D eigenvalue weighted by molar-refractivity contribution is 0.767. The van der Waals surface area contributed by atoms with Crippen LogP contribution in [0.3, 0.4) is 0 Å². The molecule has 0 heterocycles. The van der Waals surface area contributed by atoms with Gasteiger partial charge in [-0.3, -0.25) is 0 Å². The first-order valence-electron chi connectivity index (χ1n) is 5.06. The van der Waals surface area contributed by atoms with Crippen LogP contribution in [0.15, 0.2) is 11.6 Å². The molecule has 0 N–H and O–H groups in total. The van der Waals surface area contributed by atoms with E-state index in [-0.39, 0.29) is 0 Å². The van der Waals surface area contributed by atoms with Crippen molar-refractivity contribution >= 4 is 0 Å². The Bertz CT molecular complexity index is 113. The minimum absolute atomic E-state index is 0.727. The molecule has 0 aliphatic carbocycles. The van der Waals surface area contributed by atoms with Crippen LogP contribution < -0.4 is 0 Å². The largest absolute Gasteiger partial charge is 0.124 e. The van der Waals surface area contributed by atoms with Gasteiger partial charge < -0.3 is 0 Å². The van der Waals surface area contributed by atoms with E-state index in [2.05, 4.69) is 60.5 Å². The highest BCUT2D eigenvalue weighted by atomic mass is 14.0. The molecule has 0 amide bonds. The van der Waals surface area contributed by atoms with Gasteiger partial charge in [0.25, 0.3) is 0 Å². The highest BCUT2D eigenvalue weighted by Crippen LogP contribution is 2.05. The molecule has 0 rings (SSSR count). The first-order valence-corrected chi connectivity index (χ1v) is 5.06. The van der Waals surface area contributed by atoms with Crippen molar-refractivity contribution in [2.75, 3.05) is 0 Å². The van der Waals surface area contributed by atoms with Crippen molar-refractivity contribution in [1.82, 2.24) is 0 Å². The number of rotatable bonds is 2. The van der Waals surface area contributed by atoms with E-state index >= 15 is 0 Å². The molecule has 0 aromatic rings. The summed E-state index contributed by atoms with van der Waals surface area (Å²) in [6.45, 7) is 13.0. The van der Waals surface area contributed by atoms with Gasteiger partial charge in [-0.1, -0.05) is 52.2 Å². The fourth-order valence-electron chi connectivity index (χ4n) is 0.333. The predicted octanol–water partition coefficient (Wildman–Crippen LogP) is 4.66. The van der Waals surface area contributed by atoms with Gasteiger partial charge in [-0.15, -0.1) is 12.8 Å². The fourth-order valence-corrected chi connectivity index (χ4v) is 0.333. The molecular weight excluding hydrogens is 156 g/mol. The van der Waals surface area contributed by atoms with Gasteiger partial charge in [0.05, 0.1) is 0 Å². The molecule has 0 atom stereocenters. The molecule has 78 valence electrons. The summed E-state index contributed by atoms with van der Waals surface area (Å²) >= 11 is 0. The van der Waals surface area contributed by atoms with Crippen molar-refractivity contribution in [3.8, 4) is 12.8 Å². The lowest BCUT2D eigenvalue weighted by atomic mass is 10.1. The molecule has 0 saturated carbocycles. The van der Waals surface area contributed by atoms with Crippen molar-refractivity contribution < 1.29 is 0 Å². The summed E-state index contributed by atoms with van der Waals surface area (Å²) in [6.07, 6.45) is 12.8. The highest BCUT2D eigenvalue weighted by molar-refractivity contribution is 4.97. The van der Waals surface area contributed by atoms with Crippen molar-refractivity contribution in [3.63, 3.8) is 0 Å². The maximum absolute atomic E-state index is 4.00. The normalized spacial score (nSPS) is 9.46. The Morgan fingerprint density at radius 3 is 1.46 bits per heavy atom. The van der Waals surface area contributed by atoms with E-state index in [9.17, 15) is 0 Å². The van der Waals surface area contributed by atoms with Crippen molar-refractivity contribution in [3.05, 3.63) is 11.6 Å². The first-order chi connectivity index (χ1) is 6.09. The summed E-state index contributed by atoms with van der Waals surface area (Å²) in [5, 5.41) is 0. The van der Waals surface area contributed by atoms with Crippen LogP contribution in [-0.4, -0.2) is 0 Å². The van der Waals surface area contributed by atoms with Crippen LogP contribution in [0, 0.1) is 18.8 Å². The molecule has 0 heteroatoms. The van der Waals surface area contributed by atoms with Crippen LogP contribution in [0.25, 0.3) is 0 Å². The molecule has 0 aliphatic heterocycles. The van der Waals surface area contributed by atoms with Crippen LogP contribution in [0.4, 0.5) is 0 Å². The molecule has 0 nitrogen and oxygen atoms in total. The zero-order chi connectivity index (χ0) is 11.3. The third-order valence-corrected chi connectivity index (χ3v) is 1.87. The number of unbranched alkanes of at least 4 members (excludes halogenated alkanes) is 1. The first kappa shape index (κ1) is 18.2. The average molecular weight is 182 g/mol. The summed E-state index contributed by atoms with van der Waals surface area (Å²) in [7, 11) is 0. The Hall–Kier alpha value is -0.700. The highest BCUT2D eigenvalue weighted by Gasteiger charge is 1.90. The second-order valence-electron chi connectivity index (χ2n) is 3.19. The van der Waals surface area contributed by atoms with Gasteiger partial charge in [-0.25, -0.2) is 0 Å². The topological polar surface area (TPSA) is 0 Å². The maximum Gasteiger partial charge on any atom is -0.0263 e. The molecule has 0 aromatic heterocycles. The molecular formula is C13H26. The van der Waals surface area contributed by atoms with E-state index in [1.165, 1.54) is 18.4 Å². The zero-order valence-electron chi connectivity index (χ0n) is 10.2. The third kappa shape index (κ3) is 24.6.